The van der Waals surface area contributed by atoms with Gasteiger partial charge in [-0.3, -0.25) is 4.79 Å². The van der Waals surface area contributed by atoms with E-state index in [1.165, 1.54) is 0 Å². The molecular weight excluding hydrogens is 406 g/mol. The van der Waals surface area contributed by atoms with E-state index in [1.807, 2.05) is 37.3 Å². The van der Waals surface area contributed by atoms with Crippen LogP contribution < -0.4 is 10.9 Å². The first kappa shape index (κ1) is 21.5. The highest BCUT2D eigenvalue weighted by Gasteiger charge is 2.19. The van der Waals surface area contributed by atoms with Gasteiger partial charge in [-0.25, -0.2) is 0 Å². The number of nitrogens with zero attached hydrogens (tertiary/aromatic N) is 1. The predicted molar refractivity (Wildman–Crippen MR) is 129 cm³/mol. The summed E-state index contributed by atoms with van der Waals surface area (Å²) in [5, 5.41) is 5.08. The largest absolute Gasteiger partial charge is 0.376 e. The van der Waals surface area contributed by atoms with Crippen molar-refractivity contribution < 1.29 is 4.74 Å². The molecule has 1 aliphatic rings. The highest BCUT2D eigenvalue weighted by Crippen LogP contribution is 2.20. The number of aryl methyl sites for hydroxylation is 2. The van der Waals surface area contributed by atoms with Gasteiger partial charge in [0.05, 0.1) is 18.2 Å². The number of aromatic amines is 1. The molecule has 0 amide bonds. The first-order valence-corrected chi connectivity index (χ1v) is 11.2. The number of nitrogens with one attached hydrogen (secondary N) is 2. The van der Waals surface area contributed by atoms with Crippen molar-refractivity contribution in [3.8, 4) is 0 Å². The monoisotopic (exact) mass is 435 g/mol. The Morgan fingerprint density at radius 3 is 2.68 bits per heavy atom. The van der Waals surface area contributed by atoms with Crippen molar-refractivity contribution in [3.05, 3.63) is 81.1 Å². The van der Waals surface area contributed by atoms with E-state index in [0.29, 0.717) is 30.3 Å². The quantitative estimate of drug-likeness (QED) is 0.569. The van der Waals surface area contributed by atoms with Crippen LogP contribution in [0.25, 0.3) is 10.9 Å². The van der Waals surface area contributed by atoms with E-state index in [0.717, 1.165) is 47.0 Å². The zero-order valence-corrected chi connectivity index (χ0v) is 18.9. The molecule has 2 heterocycles. The summed E-state index contributed by atoms with van der Waals surface area (Å²) in [6.07, 6.45) is 2.35. The average molecular weight is 436 g/mol. The topological polar surface area (TPSA) is 57.4 Å². The number of fused-ring (bicyclic) bond motifs is 1. The first-order chi connectivity index (χ1) is 15.0. The van der Waals surface area contributed by atoms with Crippen molar-refractivity contribution in [1.82, 2.24) is 15.2 Å². The van der Waals surface area contributed by atoms with Crippen molar-refractivity contribution in [2.24, 2.45) is 0 Å². The van der Waals surface area contributed by atoms with Crippen molar-refractivity contribution in [1.29, 1.82) is 0 Å². The number of benzene rings is 2. The molecule has 3 aromatic rings. The molecular formula is C25H29N3O2S. The highest BCUT2D eigenvalue weighted by atomic mass is 32.1. The van der Waals surface area contributed by atoms with Crippen molar-refractivity contribution >= 4 is 28.2 Å². The first-order valence-electron chi connectivity index (χ1n) is 10.8. The molecule has 1 aliphatic heterocycles. The fourth-order valence-electron chi connectivity index (χ4n) is 4.06. The summed E-state index contributed by atoms with van der Waals surface area (Å²) < 4.78 is 5.72. The van der Waals surface area contributed by atoms with E-state index in [2.05, 4.69) is 40.3 Å². The second-order valence-corrected chi connectivity index (χ2v) is 8.66. The molecule has 1 aromatic heterocycles. The predicted octanol–water partition coefficient (Wildman–Crippen LogP) is 4.20. The second-order valence-electron chi connectivity index (χ2n) is 8.27. The molecule has 0 saturated carbocycles. The molecule has 1 saturated heterocycles. The number of H-pyrrole nitrogens is 1. The van der Waals surface area contributed by atoms with Gasteiger partial charge in [0.1, 0.15) is 0 Å². The van der Waals surface area contributed by atoms with E-state index in [9.17, 15) is 4.79 Å². The molecule has 1 atom stereocenters. The molecule has 1 fully saturated rings. The lowest BCUT2D eigenvalue weighted by Gasteiger charge is -2.27. The molecule has 0 aliphatic carbocycles. The fraction of sp³-hybridized carbons (Fsp3) is 0.360. The molecule has 0 radical (unpaired) electrons. The van der Waals surface area contributed by atoms with Crippen LogP contribution in [0.15, 0.2) is 53.3 Å². The van der Waals surface area contributed by atoms with Crippen LogP contribution in [0.5, 0.6) is 0 Å². The Balaban J connectivity index is 1.60. The van der Waals surface area contributed by atoms with Crippen molar-refractivity contribution in [3.63, 3.8) is 0 Å². The summed E-state index contributed by atoms with van der Waals surface area (Å²) in [7, 11) is 0. The van der Waals surface area contributed by atoms with E-state index >= 15 is 0 Å². The Hall–Kier alpha value is -2.70. The normalized spacial score (nSPS) is 15.9. The minimum Gasteiger partial charge on any atom is -0.376 e. The summed E-state index contributed by atoms with van der Waals surface area (Å²) in [5.74, 6) is 0. The summed E-state index contributed by atoms with van der Waals surface area (Å²) in [6, 6.07) is 16.3. The number of thiocarbonyl (C=S) groups is 1. The Morgan fingerprint density at radius 1 is 1.16 bits per heavy atom. The number of hydrogen-bond donors (Lipinski definition) is 2. The molecule has 31 heavy (non-hydrogen) atoms. The number of pyridine rings is 1. The highest BCUT2D eigenvalue weighted by molar-refractivity contribution is 7.80. The van der Waals surface area contributed by atoms with Gasteiger partial charge in [0, 0.05) is 30.6 Å². The Morgan fingerprint density at radius 2 is 1.94 bits per heavy atom. The molecule has 5 nitrogen and oxygen atoms in total. The van der Waals surface area contributed by atoms with Gasteiger partial charge in [-0.1, -0.05) is 42.5 Å². The average Bonchev–Trinajstić information content (AvgIpc) is 3.29. The number of ether oxygens (including phenoxy) is 1. The summed E-state index contributed by atoms with van der Waals surface area (Å²) in [5.41, 5.74) is 4.90. The van der Waals surface area contributed by atoms with Crippen LogP contribution in [0, 0.1) is 13.8 Å². The van der Waals surface area contributed by atoms with Gasteiger partial charge in [0.25, 0.3) is 5.56 Å². The van der Waals surface area contributed by atoms with Crippen molar-refractivity contribution in [2.75, 3.05) is 13.2 Å². The van der Waals surface area contributed by atoms with Gasteiger partial charge in [0.15, 0.2) is 5.11 Å². The smallest absolute Gasteiger partial charge is 0.253 e. The van der Waals surface area contributed by atoms with Crippen LogP contribution in [0.1, 0.15) is 35.1 Å². The zero-order valence-electron chi connectivity index (χ0n) is 18.1. The van der Waals surface area contributed by atoms with E-state index < -0.39 is 0 Å². The third kappa shape index (κ3) is 5.14. The minimum absolute atomic E-state index is 0.0683. The van der Waals surface area contributed by atoms with Gasteiger partial charge >= 0.3 is 0 Å². The summed E-state index contributed by atoms with van der Waals surface area (Å²) in [4.78, 5) is 18.1. The Labute approximate surface area is 188 Å². The summed E-state index contributed by atoms with van der Waals surface area (Å²) >= 11 is 5.74. The van der Waals surface area contributed by atoms with E-state index in [-0.39, 0.29) is 11.7 Å². The maximum atomic E-state index is 12.9. The van der Waals surface area contributed by atoms with Crippen LogP contribution in [0.3, 0.4) is 0 Å². The number of aromatic nitrogens is 1. The van der Waals surface area contributed by atoms with Gasteiger partial charge in [-0.2, -0.15) is 0 Å². The lowest BCUT2D eigenvalue weighted by molar-refractivity contribution is 0.113. The lowest BCUT2D eigenvalue weighted by Crippen LogP contribution is -2.42. The van der Waals surface area contributed by atoms with Gasteiger partial charge in [0.2, 0.25) is 0 Å². The van der Waals surface area contributed by atoms with Gasteiger partial charge in [-0.05, 0) is 61.7 Å². The number of rotatable bonds is 6. The molecule has 6 heteroatoms. The third-order valence-electron chi connectivity index (χ3n) is 5.89. The maximum absolute atomic E-state index is 12.9. The molecule has 4 rings (SSSR count). The van der Waals surface area contributed by atoms with Crippen molar-refractivity contribution in [2.45, 2.75) is 45.9 Å². The van der Waals surface area contributed by atoms with Gasteiger partial charge < -0.3 is 19.9 Å². The van der Waals surface area contributed by atoms with E-state index in [4.69, 9.17) is 17.0 Å². The maximum Gasteiger partial charge on any atom is 0.253 e. The van der Waals surface area contributed by atoms with Crippen LogP contribution in [-0.2, 0) is 17.8 Å². The Kier molecular flexibility index (Phi) is 6.68. The van der Waals surface area contributed by atoms with Crippen LogP contribution in [0.2, 0.25) is 0 Å². The van der Waals surface area contributed by atoms with E-state index in [1.54, 1.807) is 0 Å². The molecule has 0 bridgehead atoms. The molecule has 0 unspecified atom stereocenters. The Bertz CT molecular complexity index is 1120. The fourth-order valence-corrected chi connectivity index (χ4v) is 4.28. The second kappa shape index (κ2) is 9.62. The van der Waals surface area contributed by atoms with Crippen LogP contribution in [-0.4, -0.2) is 34.3 Å². The lowest BCUT2D eigenvalue weighted by atomic mass is 10.0. The van der Waals surface area contributed by atoms with Gasteiger partial charge in [-0.15, -0.1) is 0 Å². The van der Waals surface area contributed by atoms with Crippen LogP contribution >= 0.6 is 12.2 Å². The standard InChI is InChI=1S/C25H29N3O2S/c1-17-10-11-18(2)23-22(17)13-20(24(29)27-23)16-28(15-19-7-4-3-5-8-19)25(31)26-14-21-9-6-12-30-21/h3-5,7-8,10-11,13,21H,6,9,12,14-16H2,1-2H3,(H,26,31)(H,27,29)/t21-/m0/s1. The minimum atomic E-state index is -0.0683. The molecule has 0 spiro atoms. The van der Waals surface area contributed by atoms with Crippen LogP contribution in [0.4, 0.5) is 0 Å². The third-order valence-corrected chi connectivity index (χ3v) is 6.29. The molecule has 162 valence electrons. The summed E-state index contributed by atoms with van der Waals surface area (Å²) in [6.45, 7) is 6.66. The molecule has 2 aromatic carbocycles. The number of hydrogen-bond acceptors (Lipinski definition) is 3. The molecule has 2 N–H and O–H groups in total. The zero-order chi connectivity index (χ0) is 21.8. The SMILES string of the molecule is Cc1ccc(C)c2[nH]c(=O)c(CN(Cc3ccccc3)C(=S)NC[C@@H]3CCCO3)cc12.